The van der Waals surface area contributed by atoms with Gasteiger partial charge in [0.1, 0.15) is 36.5 Å². The van der Waals surface area contributed by atoms with Crippen molar-refractivity contribution in [3.63, 3.8) is 0 Å². The Hall–Kier alpha value is -4.26. The number of ketones is 3. The molecule has 0 spiro atoms. The summed E-state index contributed by atoms with van der Waals surface area (Å²) in [5.74, 6) is -7.92. The van der Waals surface area contributed by atoms with Crippen molar-refractivity contribution in [1.82, 2.24) is 25.1 Å². The van der Waals surface area contributed by atoms with Crippen LogP contribution in [0.3, 0.4) is 0 Å². The van der Waals surface area contributed by atoms with Crippen LogP contribution >= 0.6 is 0 Å². The maximum atomic E-state index is 14.5. The molecule has 1 aromatic rings. The van der Waals surface area contributed by atoms with Crippen molar-refractivity contribution >= 4 is 29.2 Å². The van der Waals surface area contributed by atoms with Gasteiger partial charge in [-0.3, -0.25) is 19.2 Å². The number of carbonyl (C=O) groups excluding carboxylic acids is 5. The molecular weight excluding hydrogens is 887 g/mol. The summed E-state index contributed by atoms with van der Waals surface area (Å²) in [5.41, 5.74) is 1.27. The van der Waals surface area contributed by atoms with E-state index in [-0.39, 0.29) is 60.9 Å². The molecule has 3 aliphatic heterocycles. The number of methoxy groups -OCH3 is 3. The second kappa shape index (κ2) is 25.7. The van der Waals surface area contributed by atoms with Gasteiger partial charge in [-0.05, 0) is 117 Å². The van der Waals surface area contributed by atoms with Gasteiger partial charge >= 0.3 is 5.97 Å². The quantitative estimate of drug-likeness (QED) is 0.181. The van der Waals surface area contributed by atoms with Gasteiger partial charge in [-0.1, -0.05) is 71.1 Å². The highest BCUT2D eigenvalue weighted by Gasteiger charge is 2.53. The van der Waals surface area contributed by atoms with Gasteiger partial charge in [0, 0.05) is 58.5 Å². The Kier molecular flexibility index (Phi) is 20.8. The third-order valence-electron chi connectivity index (χ3n) is 15.2. The summed E-state index contributed by atoms with van der Waals surface area (Å²) in [6.45, 7) is 12.8. The largest absolute Gasteiger partial charge is 0.460 e. The molecule has 17 heteroatoms. The van der Waals surface area contributed by atoms with Crippen LogP contribution in [0.25, 0.3) is 0 Å². The number of allylic oxidation sites excluding steroid dienone is 6. The number of aromatic nitrogens is 4. The number of piperidine rings is 1. The highest BCUT2D eigenvalue weighted by Crippen LogP contribution is 2.39. The van der Waals surface area contributed by atoms with Crippen LogP contribution in [0.2, 0.25) is 0 Å². The topological polar surface area (TPSA) is 219 Å². The fourth-order valence-corrected chi connectivity index (χ4v) is 10.7. The van der Waals surface area contributed by atoms with Gasteiger partial charge in [0.05, 0.1) is 24.4 Å². The van der Waals surface area contributed by atoms with E-state index < -0.39 is 77.8 Å². The van der Waals surface area contributed by atoms with Crippen LogP contribution in [0.15, 0.2) is 53.9 Å². The number of rotatable bonds is 7. The zero-order valence-corrected chi connectivity index (χ0v) is 42.5. The summed E-state index contributed by atoms with van der Waals surface area (Å²) in [7, 11) is 4.62. The molecule has 1 aromatic heterocycles. The van der Waals surface area contributed by atoms with Gasteiger partial charge in [0.2, 0.25) is 5.79 Å². The minimum Gasteiger partial charge on any atom is -0.460 e. The van der Waals surface area contributed by atoms with Crippen molar-refractivity contribution in [2.24, 2.45) is 35.5 Å². The Morgan fingerprint density at radius 1 is 0.884 bits per heavy atom. The molecule has 4 heterocycles. The fraction of sp³-hybridized carbons (Fsp3) is 0.731. The number of Topliss-reactive ketones (excluding diaryl/α,β-unsaturated/α-hetero) is 3. The standard InChI is InChI=1S/C52H79N5O12/c1-31-16-12-11-13-17-32(2)43(65-8)28-39-21-19-37(7)52(64,69-39)49(61)50(62)56-23-15-14-18-41(56)51(63)68-44(34(4)26-38-20-22-40(45(27-38)66-9)57-30-53-54-55-57)29-42(58)33(3)25-36(6)47(60)48(67-10)46(59)35(5)24-31/h11-13,16-17,25,30-31,33-35,37-41,43-45,47-48,60,64H,14-15,18-24,26-29H2,1-10H3/b13-11+,16-12+,32-17+,36-25+/t31-,33-,34?,35-,37-,38+,39+,40+,41+,43+,44+,45-,47-,48+,52-/m1/s1. The number of esters is 1. The molecular formula is C52H79N5O12. The number of hydrogen-bond acceptors (Lipinski definition) is 15. The van der Waals surface area contributed by atoms with Crippen LogP contribution in [0.1, 0.15) is 132 Å². The molecule has 2 saturated heterocycles. The number of hydrogen-bond donors (Lipinski definition) is 2. The van der Waals surface area contributed by atoms with Crippen molar-refractivity contribution in [2.45, 2.75) is 180 Å². The van der Waals surface area contributed by atoms with E-state index in [1.165, 1.54) is 12.0 Å². The molecule has 384 valence electrons. The zero-order valence-electron chi connectivity index (χ0n) is 42.5. The molecule has 17 nitrogen and oxygen atoms in total. The van der Waals surface area contributed by atoms with E-state index in [0.717, 1.165) is 18.4 Å². The Balaban J connectivity index is 1.46. The number of aliphatic hydroxyl groups excluding tert-OH is 1. The van der Waals surface area contributed by atoms with Crippen molar-refractivity contribution in [3.05, 3.63) is 53.9 Å². The molecule has 3 fully saturated rings. The molecule has 2 N–H and O–H groups in total. The van der Waals surface area contributed by atoms with Crippen LogP contribution in [-0.4, -0.2) is 141 Å². The zero-order chi connectivity index (χ0) is 50.6. The Morgan fingerprint density at radius 2 is 1.64 bits per heavy atom. The first-order chi connectivity index (χ1) is 32.8. The fourth-order valence-electron chi connectivity index (χ4n) is 10.7. The molecule has 0 radical (unpaired) electrons. The predicted octanol–water partition coefficient (Wildman–Crippen LogP) is 6.05. The highest BCUT2D eigenvalue weighted by molar-refractivity contribution is 6.39. The number of nitrogens with zero attached hydrogens (tertiary/aromatic N) is 5. The minimum absolute atomic E-state index is 0.0170. The third-order valence-corrected chi connectivity index (χ3v) is 15.2. The van der Waals surface area contributed by atoms with Crippen molar-refractivity contribution in [3.8, 4) is 0 Å². The van der Waals surface area contributed by atoms with E-state index in [0.29, 0.717) is 56.9 Å². The molecule has 1 saturated carbocycles. The van der Waals surface area contributed by atoms with Crippen LogP contribution in [0.5, 0.6) is 0 Å². The monoisotopic (exact) mass is 966 g/mol. The minimum atomic E-state index is -2.43. The van der Waals surface area contributed by atoms with Gasteiger partial charge in [-0.25, -0.2) is 9.48 Å². The predicted molar refractivity (Wildman–Crippen MR) is 256 cm³/mol. The molecule has 0 aromatic carbocycles. The van der Waals surface area contributed by atoms with Crippen molar-refractivity contribution in [2.75, 3.05) is 27.9 Å². The maximum absolute atomic E-state index is 14.5. The number of tetrazole rings is 1. The van der Waals surface area contributed by atoms with Gasteiger partial charge < -0.3 is 38.8 Å². The van der Waals surface area contributed by atoms with Crippen LogP contribution in [0.4, 0.5) is 0 Å². The normalized spacial score (nSPS) is 38.8. The lowest BCUT2D eigenvalue weighted by atomic mass is 9.77. The summed E-state index contributed by atoms with van der Waals surface area (Å²) in [6.07, 6.45) is 13.9. The lowest BCUT2D eigenvalue weighted by Crippen LogP contribution is -2.61. The average molecular weight is 966 g/mol. The number of cyclic esters (lactones) is 1. The van der Waals surface area contributed by atoms with E-state index in [1.54, 1.807) is 52.1 Å². The molecule has 1 unspecified atom stereocenters. The number of ether oxygens (including phenoxy) is 5. The summed E-state index contributed by atoms with van der Waals surface area (Å²) in [4.78, 5) is 72.3. The summed E-state index contributed by atoms with van der Waals surface area (Å²) in [6, 6.07) is -1.19. The van der Waals surface area contributed by atoms with E-state index in [2.05, 4.69) is 15.5 Å². The lowest BCUT2D eigenvalue weighted by Gasteiger charge is -2.42. The van der Waals surface area contributed by atoms with Crippen molar-refractivity contribution in [1.29, 1.82) is 0 Å². The summed E-state index contributed by atoms with van der Waals surface area (Å²) in [5, 5.41) is 35.2. The first kappa shape index (κ1) is 55.7. The molecule has 1 amide bonds. The smallest absolute Gasteiger partial charge is 0.329 e. The molecule has 2 bridgehead atoms. The van der Waals surface area contributed by atoms with E-state index in [9.17, 15) is 34.2 Å². The SMILES string of the molecule is CO[C@H]1C[C@@H]2CC[C@@H](C)[C@@](O)(O2)C(=O)C(=O)N2CCCC[C@H]2C(=O)O[C@H](C(C)C[C@@H]2CC[C@H](n3cnnn3)[C@H](OC)C2)CC(=O)[C@H](C)/C=C(\C)[C@@H](O)[C@@H](OC)C(=O)[C@H](C)C[C@H](C)/C=C/C=C/C=C/1C. The number of aliphatic hydroxyl groups is 2. The second-order valence-corrected chi connectivity index (χ2v) is 20.4. The first-order valence-electron chi connectivity index (χ1n) is 25.0. The number of amides is 1. The summed E-state index contributed by atoms with van der Waals surface area (Å²) >= 11 is 0. The van der Waals surface area contributed by atoms with Gasteiger partial charge in [-0.2, -0.15) is 0 Å². The van der Waals surface area contributed by atoms with E-state index in [4.69, 9.17) is 23.7 Å². The summed E-state index contributed by atoms with van der Waals surface area (Å²) < 4.78 is 31.6. The van der Waals surface area contributed by atoms with E-state index in [1.807, 2.05) is 58.1 Å². The van der Waals surface area contributed by atoms with Crippen LogP contribution in [-0.2, 0) is 47.7 Å². The van der Waals surface area contributed by atoms with Gasteiger partial charge in [0.25, 0.3) is 11.7 Å². The lowest BCUT2D eigenvalue weighted by molar-refractivity contribution is -0.265. The highest BCUT2D eigenvalue weighted by atomic mass is 16.6. The Morgan fingerprint density at radius 3 is 2.32 bits per heavy atom. The first-order valence-corrected chi connectivity index (χ1v) is 25.0. The number of carbonyl (C=O) groups is 5. The van der Waals surface area contributed by atoms with E-state index >= 15 is 0 Å². The maximum Gasteiger partial charge on any atom is 0.329 e. The van der Waals surface area contributed by atoms with Gasteiger partial charge in [-0.15, -0.1) is 5.10 Å². The Labute approximate surface area is 408 Å². The molecule has 4 aliphatic rings. The molecule has 15 atom stereocenters. The molecule has 69 heavy (non-hydrogen) atoms. The second-order valence-electron chi connectivity index (χ2n) is 20.4. The molecule has 5 rings (SSSR count). The average Bonchev–Trinajstić information content (AvgIpc) is 3.88. The van der Waals surface area contributed by atoms with Gasteiger partial charge in [0.15, 0.2) is 5.78 Å². The molecule has 1 aliphatic carbocycles. The van der Waals surface area contributed by atoms with Crippen LogP contribution < -0.4 is 0 Å². The van der Waals surface area contributed by atoms with Crippen molar-refractivity contribution < 1.29 is 57.9 Å². The number of fused-ring (bicyclic) bond motifs is 3. The van der Waals surface area contributed by atoms with Crippen LogP contribution in [0, 0.1) is 35.5 Å². The Bertz CT molecular complexity index is 2020. The third kappa shape index (κ3) is 14.2.